The van der Waals surface area contributed by atoms with E-state index in [0.29, 0.717) is 59.5 Å². The van der Waals surface area contributed by atoms with Gasteiger partial charge in [0.1, 0.15) is 18.0 Å². The van der Waals surface area contributed by atoms with E-state index in [1.807, 2.05) is 32.9 Å². The quantitative estimate of drug-likeness (QED) is 0.118. The van der Waals surface area contributed by atoms with Gasteiger partial charge in [0, 0.05) is 0 Å². The van der Waals surface area contributed by atoms with Crippen LogP contribution in [0.1, 0.15) is 84.6 Å². The summed E-state index contributed by atoms with van der Waals surface area (Å²) >= 11 is 0. The summed E-state index contributed by atoms with van der Waals surface area (Å²) in [6.07, 6.45) is 10.8. The first-order valence-electron chi connectivity index (χ1n) is 14.2. The molecule has 0 amide bonds. The Hall–Kier alpha value is -1.67. The van der Waals surface area contributed by atoms with Crippen LogP contribution in [0.5, 0.6) is 5.75 Å². The number of carbonyl (C=O) groups excluding carboxylic acids is 1. The summed E-state index contributed by atoms with van der Waals surface area (Å²) in [4.78, 5) is 11.6. The fourth-order valence-corrected chi connectivity index (χ4v) is 3.57. The number of rotatable bonds is 24. The monoisotopic (exact) mass is 524 g/mol. The number of ether oxygens (including phenoxy) is 6. The van der Waals surface area contributed by atoms with Gasteiger partial charge in [-0.3, -0.25) is 4.79 Å². The smallest absolute Gasteiger partial charge is 0.308 e. The van der Waals surface area contributed by atoms with Gasteiger partial charge in [-0.1, -0.05) is 57.6 Å². The molecule has 0 aliphatic heterocycles. The first-order valence-corrected chi connectivity index (χ1v) is 14.2. The van der Waals surface area contributed by atoms with Crippen LogP contribution in [0.4, 0.5) is 0 Å². The first kappa shape index (κ1) is 33.4. The summed E-state index contributed by atoms with van der Waals surface area (Å²) in [6.45, 7) is 12.1. The van der Waals surface area contributed by atoms with Crippen molar-refractivity contribution in [3.8, 4) is 5.75 Å². The number of hydrogen-bond acceptors (Lipinski definition) is 7. The molecular formula is C30H52O7. The molecule has 7 nitrogen and oxygen atoms in total. The number of esters is 1. The van der Waals surface area contributed by atoms with Crippen molar-refractivity contribution in [3.63, 3.8) is 0 Å². The summed E-state index contributed by atoms with van der Waals surface area (Å²) in [5, 5.41) is 0. The van der Waals surface area contributed by atoms with E-state index >= 15 is 0 Å². The normalized spacial score (nSPS) is 11.6. The van der Waals surface area contributed by atoms with Crippen molar-refractivity contribution in [2.24, 2.45) is 0 Å². The lowest BCUT2D eigenvalue weighted by molar-refractivity contribution is -0.156. The number of carbonyl (C=O) groups is 1. The maximum absolute atomic E-state index is 11.6. The third-order valence-corrected chi connectivity index (χ3v) is 5.48. The second kappa shape index (κ2) is 22.3. The Bertz CT molecular complexity index is 655. The van der Waals surface area contributed by atoms with Gasteiger partial charge in [-0.2, -0.15) is 0 Å². The standard InChI is InChI=1S/C30H52O7/c1-5-6-7-8-9-10-11-12-27-13-15-28(16-14-27)36-26-25-35-24-23-34-22-21-33-20-19-32-18-17-29(31)37-30(2,3)4/h13-16H,5-12,17-26H2,1-4H3. The molecule has 0 aliphatic rings. The van der Waals surface area contributed by atoms with Crippen LogP contribution < -0.4 is 4.74 Å². The minimum Gasteiger partial charge on any atom is -0.491 e. The highest BCUT2D eigenvalue weighted by Gasteiger charge is 2.15. The summed E-state index contributed by atoms with van der Waals surface area (Å²) in [5.74, 6) is 0.632. The zero-order chi connectivity index (χ0) is 27.0. The minimum atomic E-state index is -0.460. The second-order valence-corrected chi connectivity index (χ2v) is 10.1. The zero-order valence-electron chi connectivity index (χ0n) is 23.9. The fraction of sp³-hybridized carbons (Fsp3) is 0.767. The Kier molecular flexibility index (Phi) is 20.1. The fourth-order valence-electron chi connectivity index (χ4n) is 3.57. The van der Waals surface area contributed by atoms with E-state index in [-0.39, 0.29) is 12.4 Å². The van der Waals surface area contributed by atoms with Gasteiger partial charge in [-0.15, -0.1) is 0 Å². The molecule has 7 heteroatoms. The van der Waals surface area contributed by atoms with E-state index in [1.54, 1.807) is 0 Å². The molecule has 0 N–H and O–H groups in total. The van der Waals surface area contributed by atoms with Gasteiger partial charge in [-0.05, 0) is 51.3 Å². The molecule has 0 saturated heterocycles. The number of aryl methyl sites for hydroxylation is 1. The predicted octanol–water partition coefficient (Wildman–Crippen LogP) is 6.16. The van der Waals surface area contributed by atoms with Crippen LogP contribution in [0.2, 0.25) is 0 Å². The molecule has 214 valence electrons. The summed E-state index contributed by atoms with van der Waals surface area (Å²) in [6, 6.07) is 8.43. The topological polar surface area (TPSA) is 72.5 Å². The third-order valence-electron chi connectivity index (χ3n) is 5.48. The van der Waals surface area contributed by atoms with Crippen molar-refractivity contribution in [3.05, 3.63) is 29.8 Å². The van der Waals surface area contributed by atoms with Gasteiger partial charge in [0.25, 0.3) is 0 Å². The van der Waals surface area contributed by atoms with Crippen molar-refractivity contribution >= 4 is 5.97 Å². The largest absolute Gasteiger partial charge is 0.491 e. The van der Waals surface area contributed by atoms with Crippen molar-refractivity contribution in [1.29, 1.82) is 0 Å². The highest BCUT2D eigenvalue weighted by molar-refractivity contribution is 5.69. The van der Waals surface area contributed by atoms with E-state index in [2.05, 4.69) is 19.1 Å². The molecule has 1 aromatic carbocycles. The maximum atomic E-state index is 11.6. The number of unbranched alkanes of at least 4 members (excludes halogenated alkanes) is 6. The Morgan fingerprint density at radius 1 is 0.649 bits per heavy atom. The predicted molar refractivity (Wildman–Crippen MR) is 147 cm³/mol. The molecule has 0 unspecified atom stereocenters. The SMILES string of the molecule is CCCCCCCCCc1ccc(OCCOCCOCCOCCOCCC(=O)OC(C)(C)C)cc1. The van der Waals surface area contributed by atoms with E-state index in [9.17, 15) is 4.79 Å². The van der Waals surface area contributed by atoms with Crippen molar-refractivity contribution in [2.75, 3.05) is 59.5 Å². The molecule has 1 aromatic rings. The second-order valence-electron chi connectivity index (χ2n) is 10.1. The van der Waals surface area contributed by atoms with Crippen LogP contribution in [0.25, 0.3) is 0 Å². The van der Waals surface area contributed by atoms with Crippen LogP contribution >= 0.6 is 0 Å². The van der Waals surface area contributed by atoms with Crippen LogP contribution in [-0.2, 0) is 34.9 Å². The van der Waals surface area contributed by atoms with Gasteiger partial charge in [0.05, 0.1) is 59.3 Å². The Morgan fingerprint density at radius 3 is 1.68 bits per heavy atom. The van der Waals surface area contributed by atoms with Gasteiger partial charge in [0.15, 0.2) is 0 Å². The third kappa shape index (κ3) is 22.1. The molecule has 37 heavy (non-hydrogen) atoms. The Labute approximate surface area is 225 Å². The van der Waals surface area contributed by atoms with Gasteiger partial charge in [0.2, 0.25) is 0 Å². The molecule has 0 saturated carbocycles. The van der Waals surface area contributed by atoms with E-state index in [4.69, 9.17) is 28.4 Å². The lowest BCUT2D eigenvalue weighted by Crippen LogP contribution is -2.24. The molecule has 0 heterocycles. The molecule has 0 bridgehead atoms. The Balaban J connectivity index is 1.85. The van der Waals surface area contributed by atoms with Crippen LogP contribution in [-0.4, -0.2) is 71.0 Å². The highest BCUT2D eigenvalue weighted by atomic mass is 16.6. The van der Waals surface area contributed by atoms with E-state index < -0.39 is 5.60 Å². The van der Waals surface area contributed by atoms with Gasteiger partial charge < -0.3 is 28.4 Å². The van der Waals surface area contributed by atoms with Crippen LogP contribution in [0, 0.1) is 0 Å². The van der Waals surface area contributed by atoms with Crippen LogP contribution in [0.3, 0.4) is 0 Å². The molecule has 0 atom stereocenters. The Morgan fingerprint density at radius 2 is 1.14 bits per heavy atom. The number of benzene rings is 1. The summed E-state index contributed by atoms with van der Waals surface area (Å²) < 4.78 is 32.8. The lowest BCUT2D eigenvalue weighted by Gasteiger charge is -2.19. The number of hydrogen-bond donors (Lipinski definition) is 0. The lowest BCUT2D eigenvalue weighted by atomic mass is 10.0. The molecule has 0 fully saturated rings. The van der Waals surface area contributed by atoms with Crippen molar-refractivity contribution in [2.45, 2.75) is 91.1 Å². The van der Waals surface area contributed by atoms with Gasteiger partial charge in [-0.25, -0.2) is 0 Å². The summed E-state index contributed by atoms with van der Waals surface area (Å²) in [5.41, 5.74) is 0.919. The average Bonchev–Trinajstić information content (AvgIpc) is 2.85. The van der Waals surface area contributed by atoms with Gasteiger partial charge >= 0.3 is 5.97 Å². The average molecular weight is 525 g/mol. The molecule has 0 radical (unpaired) electrons. The molecule has 0 aliphatic carbocycles. The molecule has 0 aromatic heterocycles. The molecule has 1 rings (SSSR count). The van der Waals surface area contributed by atoms with E-state index in [1.165, 1.54) is 50.5 Å². The maximum Gasteiger partial charge on any atom is 0.308 e. The first-order chi connectivity index (χ1) is 17.9. The zero-order valence-corrected chi connectivity index (χ0v) is 23.9. The van der Waals surface area contributed by atoms with E-state index in [0.717, 1.165) is 12.2 Å². The molecule has 0 spiro atoms. The van der Waals surface area contributed by atoms with Crippen LogP contribution in [0.15, 0.2) is 24.3 Å². The highest BCUT2D eigenvalue weighted by Crippen LogP contribution is 2.15. The molecular weight excluding hydrogens is 472 g/mol. The van der Waals surface area contributed by atoms with Crippen molar-refractivity contribution in [1.82, 2.24) is 0 Å². The summed E-state index contributed by atoms with van der Waals surface area (Å²) in [7, 11) is 0. The van der Waals surface area contributed by atoms with Crippen molar-refractivity contribution < 1.29 is 33.2 Å². The minimum absolute atomic E-state index is 0.247.